The average Bonchev–Trinajstić information content (AvgIpc) is 2.86. The summed E-state index contributed by atoms with van der Waals surface area (Å²) in [6.07, 6.45) is 1.84. The van der Waals surface area contributed by atoms with Crippen LogP contribution >= 0.6 is 0 Å². The summed E-state index contributed by atoms with van der Waals surface area (Å²) in [7, 11) is 2.17. The van der Waals surface area contributed by atoms with Crippen molar-refractivity contribution in [3.05, 3.63) is 29.8 Å². The summed E-state index contributed by atoms with van der Waals surface area (Å²) >= 11 is 0. The summed E-state index contributed by atoms with van der Waals surface area (Å²) in [5.41, 5.74) is 2.64. The number of carbonyl (C=O) groups excluding carboxylic acids is 1. The van der Waals surface area contributed by atoms with Gasteiger partial charge in [0, 0.05) is 44.3 Å². The average molecular weight is 273 g/mol. The van der Waals surface area contributed by atoms with Crippen molar-refractivity contribution in [2.45, 2.75) is 12.8 Å². The zero-order valence-electron chi connectivity index (χ0n) is 12.1. The number of likely N-dealkylation sites (N-methyl/N-ethyl adjacent to an activating group) is 1. The van der Waals surface area contributed by atoms with Crippen molar-refractivity contribution >= 4 is 11.6 Å². The topological polar surface area (TPSA) is 35.6 Å². The molecule has 2 heterocycles. The van der Waals surface area contributed by atoms with Crippen molar-refractivity contribution in [2.24, 2.45) is 5.92 Å². The maximum absolute atomic E-state index is 11.8. The van der Waals surface area contributed by atoms with Crippen LogP contribution in [0, 0.1) is 5.92 Å². The summed E-state index contributed by atoms with van der Waals surface area (Å²) < 4.78 is 0. The lowest BCUT2D eigenvalue weighted by atomic mass is 9.96. The molecule has 2 aliphatic heterocycles. The van der Waals surface area contributed by atoms with E-state index in [0.717, 1.165) is 45.6 Å². The second-order valence-electron chi connectivity index (χ2n) is 5.90. The van der Waals surface area contributed by atoms with Crippen LogP contribution in [0.15, 0.2) is 24.3 Å². The van der Waals surface area contributed by atoms with Gasteiger partial charge in [-0.3, -0.25) is 4.79 Å². The van der Waals surface area contributed by atoms with Crippen molar-refractivity contribution in [1.29, 1.82) is 0 Å². The fourth-order valence-corrected chi connectivity index (χ4v) is 3.14. The smallest absolute Gasteiger partial charge is 0.223 e. The van der Waals surface area contributed by atoms with Gasteiger partial charge in [-0.2, -0.15) is 0 Å². The molecule has 4 heteroatoms. The van der Waals surface area contributed by atoms with Crippen molar-refractivity contribution in [1.82, 2.24) is 10.2 Å². The maximum Gasteiger partial charge on any atom is 0.223 e. The standard InChI is InChI=1S/C16H23N3O/c1-18-8-10-19(11-9-18)15-5-3-2-4-13(15)12-14-6-7-17-16(14)20/h2-5,14H,6-12H2,1H3,(H,17,20)/t14-/m1/s1. The first-order valence-electron chi connectivity index (χ1n) is 7.53. The molecule has 0 bridgehead atoms. The summed E-state index contributed by atoms with van der Waals surface area (Å²) in [6, 6.07) is 8.57. The SMILES string of the molecule is CN1CCN(c2ccccc2C[C@H]2CCNC2=O)CC1. The molecule has 20 heavy (non-hydrogen) atoms. The Kier molecular flexibility index (Phi) is 3.92. The van der Waals surface area contributed by atoms with Crippen LogP contribution < -0.4 is 10.2 Å². The Morgan fingerprint density at radius 1 is 1.20 bits per heavy atom. The molecule has 1 atom stereocenters. The number of anilines is 1. The maximum atomic E-state index is 11.8. The number of piperazine rings is 1. The normalized spacial score (nSPS) is 23.9. The van der Waals surface area contributed by atoms with Gasteiger partial charge >= 0.3 is 0 Å². The number of amides is 1. The predicted molar refractivity (Wildman–Crippen MR) is 81.0 cm³/mol. The highest BCUT2D eigenvalue weighted by Crippen LogP contribution is 2.26. The van der Waals surface area contributed by atoms with Gasteiger partial charge in [-0.25, -0.2) is 0 Å². The van der Waals surface area contributed by atoms with E-state index in [0.29, 0.717) is 0 Å². The zero-order valence-corrected chi connectivity index (χ0v) is 12.1. The van der Waals surface area contributed by atoms with E-state index in [4.69, 9.17) is 0 Å². The van der Waals surface area contributed by atoms with E-state index in [1.54, 1.807) is 0 Å². The van der Waals surface area contributed by atoms with Crippen LogP contribution in [0.25, 0.3) is 0 Å². The fraction of sp³-hybridized carbons (Fsp3) is 0.562. The molecule has 2 saturated heterocycles. The first-order chi connectivity index (χ1) is 9.74. The molecule has 1 aromatic rings. The largest absolute Gasteiger partial charge is 0.369 e. The number of rotatable bonds is 3. The minimum atomic E-state index is 0.156. The van der Waals surface area contributed by atoms with Gasteiger partial charge in [-0.1, -0.05) is 18.2 Å². The van der Waals surface area contributed by atoms with Crippen LogP contribution in [0.5, 0.6) is 0 Å². The van der Waals surface area contributed by atoms with Crippen molar-refractivity contribution < 1.29 is 4.79 Å². The third-order valence-corrected chi connectivity index (χ3v) is 4.46. The Hall–Kier alpha value is -1.55. The van der Waals surface area contributed by atoms with Crippen LogP contribution in [-0.4, -0.2) is 50.6 Å². The van der Waals surface area contributed by atoms with E-state index in [-0.39, 0.29) is 11.8 Å². The molecule has 1 amide bonds. The second-order valence-corrected chi connectivity index (χ2v) is 5.90. The fourth-order valence-electron chi connectivity index (χ4n) is 3.14. The van der Waals surface area contributed by atoms with Gasteiger partial charge in [0.25, 0.3) is 0 Å². The molecule has 2 fully saturated rings. The van der Waals surface area contributed by atoms with E-state index in [9.17, 15) is 4.79 Å². The van der Waals surface area contributed by atoms with Crippen molar-refractivity contribution in [3.63, 3.8) is 0 Å². The molecular formula is C16H23N3O. The lowest BCUT2D eigenvalue weighted by Gasteiger charge is -2.35. The van der Waals surface area contributed by atoms with Gasteiger partial charge in [0.1, 0.15) is 0 Å². The molecule has 0 aromatic heterocycles. The lowest BCUT2D eigenvalue weighted by Crippen LogP contribution is -2.44. The number of hydrogen-bond acceptors (Lipinski definition) is 3. The zero-order chi connectivity index (χ0) is 13.9. The summed E-state index contributed by atoms with van der Waals surface area (Å²) in [5.74, 6) is 0.377. The molecule has 0 unspecified atom stereocenters. The number of nitrogens with zero attached hydrogens (tertiary/aromatic N) is 2. The summed E-state index contributed by atoms with van der Waals surface area (Å²) in [5, 5.41) is 2.94. The van der Waals surface area contributed by atoms with Crippen LogP contribution in [0.4, 0.5) is 5.69 Å². The first kappa shape index (κ1) is 13.4. The summed E-state index contributed by atoms with van der Waals surface area (Å²) in [6.45, 7) is 5.20. The van der Waals surface area contributed by atoms with Gasteiger partial charge in [0.2, 0.25) is 5.91 Å². The van der Waals surface area contributed by atoms with E-state index in [1.165, 1.54) is 11.3 Å². The molecular weight excluding hydrogens is 250 g/mol. The molecule has 0 radical (unpaired) electrons. The van der Waals surface area contributed by atoms with Crippen LogP contribution in [0.3, 0.4) is 0 Å². The van der Waals surface area contributed by atoms with Gasteiger partial charge < -0.3 is 15.1 Å². The Balaban J connectivity index is 1.76. The molecule has 0 spiro atoms. The molecule has 108 valence electrons. The monoisotopic (exact) mass is 273 g/mol. The first-order valence-corrected chi connectivity index (χ1v) is 7.53. The highest BCUT2D eigenvalue weighted by molar-refractivity contribution is 5.81. The molecule has 4 nitrogen and oxygen atoms in total. The number of carbonyl (C=O) groups is 1. The van der Waals surface area contributed by atoms with E-state index >= 15 is 0 Å². The summed E-state index contributed by atoms with van der Waals surface area (Å²) in [4.78, 5) is 16.6. The Morgan fingerprint density at radius 2 is 1.95 bits per heavy atom. The van der Waals surface area contributed by atoms with Gasteiger partial charge in [0.05, 0.1) is 0 Å². The van der Waals surface area contributed by atoms with E-state index < -0.39 is 0 Å². The number of para-hydroxylation sites is 1. The molecule has 0 aliphatic carbocycles. The van der Waals surface area contributed by atoms with Crippen molar-refractivity contribution in [3.8, 4) is 0 Å². The highest BCUT2D eigenvalue weighted by Gasteiger charge is 2.26. The number of benzene rings is 1. The van der Waals surface area contributed by atoms with Gasteiger partial charge in [-0.15, -0.1) is 0 Å². The minimum absolute atomic E-state index is 0.156. The van der Waals surface area contributed by atoms with Crippen LogP contribution in [-0.2, 0) is 11.2 Å². The molecule has 2 aliphatic rings. The third-order valence-electron chi connectivity index (χ3n) is 4.46. The Morgan fingerprint density at radius 3 is 2.65 bits per heavy atom. The predicted octanol–water partition coefficient (Wildman–Crippen LogP) is 1.12. The van der Waals surface area contributed by atoms with E-state index in [2.05, 4.69) is 46.4 Å². The van der Waals surface area contributed by atoms with Crippen LogP contribution in [0.1, 0.15) is 12.0 Å². The molecule has 1 N–H and O–H groups in total. The number of nitrogens with one attached hydrogen (secondary N) is 1. The Labute approximate surface area is 120 Å². The molecule has 3 rings (SSSR count). The highest BCUT2D eigenvalue weighted by atomic mass is 16.2. The van der Waals surface area contributed by atoms with Crippen molar-refractivity contribution in [2.75, 3.05) is 44.7 Å². The second kappa shape index (κ2) is 5.83. The number of hydrogen-bond donors (Lipinski definition) is 1. The quantitative estimate of drug-likeness (QED) is 0.896. The van der Waals surface area contributed by atoms with E-state index in [1.807, 2.05) is 0 Å². The molecule has 0 saturated carbocycles. The minimum Gasteiger partial charge on any atom is -0.369 e. The third kappa shape index (κ3) is 2.80. The van der Waals surface area contributed by atoms with Crippen LogP contribution in [0.2, 0.25) is 0 Å². The molecule has 1 aromatic carbocycles. The van der Waals surface area contributed by atoms with Gasteiger partial charge in [0.15, 0.2) is 0 Å². The Bertz CT molecular complexity index is 480. The lowest BCUT2D eigenvalue weighted by molar-refractivity contribution is -0.122. The van der Waals surface area contributed by atoms with Gasteiger partial charge in [-0.05, 0) is 31.5 Å².